The second kappa shape index (κ2) is 5.73. The summed E-state index contributed by atoms with van der Waals surface area (Å²) in [6.45, 7) is 3.26. The smallest absolute Gasteiger partial charge is 0.0995 e. The maximum atomic E-state index is 9.19. The van der Waals surface area contributed by atoms with Gasteiger partial charge in [0.2, 0.25) is 0 Å². The first kappa shape index (κ1) is 12.7. The topological polar surface area (TPSA) is 39.1 Å². The summed E-state index contributed by atoms with van der Waals surface area (Å²) in [5.41, 5.74) is 2.00. The van der Waals surface area contributed by atoms with E-state index in [0.717, 1.165) is 12.1 Å². The van der Waals surface area contributed by atoms with Crippen LogP contribution in [0.1, 0.15) is 36.8 Å². The van der Waals surface area contributed by atoms with E-state index in [1.54, 1.807) is 0 Å². The second-order valence-electron chi connectivity index (χ2n) is 5.65. The average molecular weight is 255 g/mol. The molecule has 0 bridgehead atoms. The first-order chi connectivity index (χ1) is 9.38. The fraction of sp³-hybridized carbons (Fsp3) is 0.562. The van der Waals surface area contributed by atoms with E-state index < -0.39 is 0 Å². The van der Waals surface area contributed by atoms with Crippen LogP contribution in [0.4, 0.5) is 0 Å². The molecule has 2 saturated heterocycles. The van der Waals surface area contributed by atoms with E-state index in [0.29, 0.717) is 12.1 Å². The van der Waals surface area contributed by atoms with E-state index in [1.807, 2.05) is 18.2 Å². The Kier molecular flexibility index (Phi) is 3.82. The van der Waals surface area contributed by atoms with Gasteiger partial charge in [-0.25, -0.2) is 0 Å². The van der Waals surface area contributed by atoms with Gasteiger partial charge in [0.25, 0.3) is 0 Å². The van der Waals surface area contributed by atoms with Gasteiger partial charge in [0.15, 0.2) is 0 Å². The van der Waals surface area contributed by atoms with Crippen LogP contribution in [-0.4, -0.2) is 30.1 Å². The molecule has 3 heteroatoms. The third-order valence-corrected chi connectivity index (χ3v) is 4.49. The number of nitriles is 1. The van der Waals surface area contributed by atoms with Crippen molar-refractivity contribution in [2.24, 2.45) is 0 Å². The van der Waals surface area contributed by atoms with Crippen molar-refractivity contribution < 1.29 is 0 Å². The van der Waals surface area contributed by atoms with Crippen LogP contribution in [0.15, 0.2) is 24.3 Å². The predicted octanol–water partition coefficient (Wildman–Crippen LogP) is 2.27. The fourth-order valence-electron chi connectivity index (χ4n) is 3.53. The highest BCUT2D eigenvalue weighted by atomic mass is 15.2. The molecule has 3 nitrogen and oxygen atoms in total. The maximum Gasteiger partial charge on any atom is 0.0995 e. The van der Waals surface area contributed by atoms with Crippen LogP contribution < -0.4 is 5.32 Å². The van der Waals surface area contributed by atoms with Crippen LogP contribution in [-0.2, 0) is 6.54 Å². The molecule has 2 fully saturated rings. The number of rotatable bonds is 3. The average Bonchev–Trinajstić information content (AvgIpc) is 3.09. The Bertz CT molecular complexity index is 471. The first-order valence-electron chi connectivity index (χ1n) is 7.34. The van der Waals surface area contributed by atoms with Crippen LogP contribution in [0, 0.1) is 11.3 Å². The zero-order chi connectivity index (χ0) is 13.1. The molecule has 1 aromatic carbocycles. The Morgan fingerprint density at radius 1 is 1.26 bits per heavy atom. The van der Waals surface area contributed by atoms with Crippen molar-refractivity contribution in [3.05, 3.63) is 35.4 Å². The van der Waals surface area contributed by atoms with Gasteiger partial charge in [-0.1, -0.05) is 18.2 Å². The Labute approximate surface area is 115 Å². The molecule has 0 aliphatic carbocycles. The molecule has 1 N–H and O–H groups in total. The Morgan fingerprint density at radius 2 is 2.16 bits per heavy atom. The van der Waals surface area contributed by atoms with Gasteiger partial charge in [-0.15, -0.1) is 0 Å². The number of hydrogen-bond acceptors (Lipinski definition) is 3. The van der Waals surface area contributed by atoms with Crippen molar-refractivity contribution in [2.75, 3.05) is 13.1 Å². The van der Waals surface area contributed by atoms with Gasteiger partial charge in [0, 0.05) is 18.6 Å². The molecule has 1 aromatic rings. The summed E-state index contributed by atoms with van der Waals surface area (Å²) >= 11 is 0. The lowest BCUT2D eigenvalue weighted by Crippen LogP contribution is -2.43. The lowest BCUT2D eigenvalue weighted by Gasteiger charge is -2.29. The van der Waals surface area contributed by atoms with Crippen molar-refractivity contribution in [3.8, 4) is 6.07 Å². The van der Waals surface area contributed by atoms with Gasteiger partial charge in [-0.3, -0.25) is 4.90 Å². The maximum absolute atomic E-state index is 9.19. The molecular formula is C16H21N3. The first-order valence-corrected chi connectivity index (χ1v) is 7.34. The monoisotopic (exact) mass is 255 g/mol. The van der Waals surface area contributed by atoms with E-state index >= 15 is 0 Å². The van der Waals surface area contributed by atoms with Gasteiger partial charge >= 0.3 is 0 Å². The molecule has 0 saturated carbocycles. The minimum absolute atomic E-state index is 0.661. The lowest BCUT2D eigenvalue weighted by molar-refractivity contribution is 0.206. The van der Waals surface area contributed by atoms with E-state index in [-0.39, 0.29) is 0 Å². The minimum atomic E-state index is 0.661. The van der Waals surface area contributed by atoms with Gasteiger partial charge in [-0.2, -0.15) is 5.26 Å². The SMILES string of the molecule is N#Cc1ccccc1CN1CCCC1C1CCCN1. The molecule has 0 aromatic heterocycles. The molecule has 100 valence electrons. The lowest BCUT2D eigenvalue weighted by atomic mass is 10.0. The van der Waals surface area contributed by atoms with Crippen molar-refractivity contribution >= 4 is 0 Å². The number of nitrogens with zero attached hydrogens (tertiary/aromatic N) is 2. The largest absolute Gasteiger partial charge is 0.312 e. The molecule has 0 spiro atoms. The molecule has 2 heterocycles. The van der Waals surface area contributed by atoms with E-state index in [1.165, 1.54) is 44.3 Å². The highest BCUT2D eigenvalue weighted by molar-refractivity contribution is 5.37. The Morgan fingerprint density at radius 3 is 2.95 bits per heavy atom. The second-order valence-corrected chi connectivity index (χ2v) is 5.65. The van der Waals surface area contributed by atoms with E-state index in [4.69, 9.17) is 0 Å². The molecule has 2 aliphatic rings. The molecule has 19 heavy (non-hydrogen) atoms. The molecule has 0 amide bonds. The quantitative estimate of drug-likeness (QED) is 0.900. The third-order valence-electron chi connectivity index (χ3n) is 4.49. The molecular weight excluding hydrogens is 234 g/mol. The summed E-state index contributed by atoms with van der Waals surface area (Å²) in [5, 5.41) is 12.8. The zero-order valence-corrected chi connectivity index (χ0v) is 11.3. The third kappa shape index (κ3) is 2.65. The van der Waals surface area contributed by atoms with Gasteiger partial charge in [0.05, 0.1) is 11.6 Å². The molecule has 2 atom stereocenters. The molecule has 2 unspecified atom stereocenters. The fourth-order valence-corrected chi connectivity index (χ4v) is 3.53. The molecule has 2 aliphatic heterocycles. The molecule has 3 rings (SSSR count). The molecule has 0 radical (unpaired) electrons. The number of benzene rings is 1. The number of nitrogens with one attached hydrogen (secondary N) is 1. The highest BCUT2D eigenvalue weighted by Crippen LogP contribution is 2.27. The predicted molar refractivity (Wildman–Crippen MR) is 75.6 cm³/mol. The summed E-state index contributed by atoms with van der Waals surface area (Å²) in [4.78, 5) is 2.57. The van der Waals surface area contributed by atoms with Crippen LogP contribution in [0.25, 0.3) is 0 Å². The summed E-state index contributed by atoms with van der Waals surface area (Å²) in [5.74, 6) is 0. The minimum Gasteiger partial charge on any atom is -0.312 e. The Balaban J connectivity index is 1.73. The van der Waals surface area contributed by atoms with Crippen molar-refractivity contribution in [1.82, 2.24) is 10.2 Å². The van der Waals surface area contributed by atoms with E-state index in [2.05, 4.69) is 22.4 Å². The number of likely N-dealkylation sites (tertiary alicyclic amines) is 1. The zero-order valence-electron chi connectivity index (χ0n) is 11.3. The van der Waals surface area contributed by atoms with Crippen molar-refractivity contribution in [3.63, 3.8) is 0 Å². The highest BCUT2D eigenvalue weighted by Gasteiger charge is 2.33. The normalized spacial score (nSPS) is 27.5. The van der Waals surface area contributed by atoms with Gasteiger partial charge < -0.3 is 5.32 Å². The van der Waals surface area contributed by atoms with Crippen LogP contribution in [0.3, 0.4) is 0 Å². The van der Waals surface area contributed by atoms with Gasteiger partial charge in [0.1, 0.15) is 0 Å². The Hall–Kier alpha value is -1.37. The van der Waals surface area contributed by atoms with Crippen molar-refractivity contribution in [1.29, 1.82) is 5.26 Å². The standard InChI is InChI=1S/C16H21N3/c17-11-13-5-1-2-6-14(13)12-19-10-4-8-16(19)15-7-3-9-18-15/h1-2,5-6,15-16,18H,3-4,7-10,12H2. The van der Waals surface area contributed by atoms with Gasteiger partial charge in [-0.05, 0) is 50.4 Å². The summed E-state index contributed by atoms with van der Waals surface area (Å²) in [6.07, 6.45) is 5.20. The van der Waals surface area contributed by atoms with Crippen LogP contribution in [0.2, 0.25) is 0 Å². The van der Waals surface area contributed by atoms with Crippen molar-refractivity contribution in [2.45, 2.75) is 44.3 Å². The number of hydrogen-bond donors (Lipinski definition) is 1. The summed E-state index contributed by atoms with van der Waals surface area (Å²) in [7, 11) is 0. The van der Waals surface area contributed by atoms with Crippen LogP contribution in [0.5, 0.6) is 0 Å². The summed E-state index contributed by atoms with van der Waals surface area (Å²) in [6, 6.07) is 11.6. The van der Waals surface area contributed by atoms with E-state index in [9.17, 15) is 5.26 Å². The van der Waals surface area contributed by atoms with Crippen LogP contribution >= 0.6 is 0 Å². The summed E-state index contributed by atoms with van der Waals surface area (Å²) < 4.78 is 0.